The third-order valence-corrected chi connectivity index (χ3v) is 4.49. The molecule has 140 valence electrons. The molecule has 3 aromatic rings. The summed E-state index contributed by atoms with van der Waals surface area (Å²) < 4.78 is 22.0. The molecule has 1 N–H and O–H groups in total. The van der Waals surface area contributed by atoms with Gasteiger partial charge < -0.3 is 23.9 Å². The van der Waals surface area contributed by atoms with Crippen molar-refractivity contribution < 1.29 is 23.4 Å². The van der Waals surface area contributed by atoms with Gasteiger partial charge in [-0.3, -0.25) is 4.79 Å². The number of rotatable bonds is 7. The highest BCUT2D eigenvalue weighted by atomic mass is 16.7. The summed E-state index contributed by atoms with van der Waals surface area (Å²) in [4.78, 5) is 12.7. The van der Waals surface area contributed by atoms with Gasteiger partial charge in [-0.05, 0) is 37.1 Å². The standard InChI is InChI=1S/C21H21NO5/c1-2-24-12-16-15-5-3-4-6-17(15)27-20(16)21(23)22-10-9-14-7-8-18-19(11-14)26-13-25-18/h3-8,11H,2,9-10,12-13H2,1H3,(H,22,23). The first-order valence-electron chi connectivity index (χ1n) is 9.01. The molecule has 4 rings (SSSR count). The van der Waals surface area contributed by atoms with Crippen LogP contribution in [0, 0.1) is 0 Å². The van der Waals surface area contributed by atoms with Crippen molar-refractivity contribution in [3.05, 3.63) is 59.4 Å². The summed E-state index contributed by atoms with van der Waals surface area (Å²) in [6, 6.07) is 13.4. The Morgan fingerprint density at radius 3 is 2.89 bits per heavy atom. The van der Waals surface area contributed by atoms with Crippen LogP contribution >= 0.6 is 0 Å². The molecule has 0 aliphatic carbocycles. The Hall–Kier alpha value is -2.99. The van der Waals surface area contributed by atoms with Gasteiger partial charge in [-0.2, -0.15) is 0 Å². The van der Waals surface area contributed by atoms with Gasteiger partial charge in [0.15, 0.2) is 17.3 Å². The van der Waals surface area contributed by atoms with Crippen LogP contribution in [0.25, 0.3) is 11.0 Å². The van der Waals surface area contributed by atoms with E-state index >= 15 is 0 Å². The summed E-state index contributed by atoms with van der Waals surface area (Å²) in [7, 11) is 0. The van der Waals surface area contributed by atoms with Gasteiger partial charge in [-0.25, -0.2) is 0 Å². The maximum Gasteiger partial charge on any atom is 0.287 e. The number of carbonyl (C=O) groups is 1. The number of nitrogens with one attached hydrogen (secondary N) is 1. The summed E-state index contributed by atoms with van der Waals surface area (Å²) in [6.07, 6.45) is 0.684. The van der Waals surface area contributed by atoms with E-state index in [4.69, 9.17) is 18.6 Å². The van der Waals surface area contributed by atoms with E-state index in [2.05, 4.69) is 5.32 Å². The largest absolute Gasteiger partial charge is 0.454 e. The van der Waals surface area contributed by atoms with Crippen LogP contribution in [-0.4, -0.2) is 25.9 Å². The average Bonchev–Trinajstić information content (AvgIpc) is 3.30. The van der Waals surface area contributed by atoms with Crippen molar-refractivity contribution >= 4 is 16.9 Å². The third-order valence-electron chi connectivity index (χ3n) is 4.49. The van der Waals surface area contributed by atoms with Gasteiger partial charge in [-0.1, -0.05) is 24.3 Å². The van der Waals surface area contributed by atoms with E-state index in [0.29, 0.717) is 37.5 Å². The molecule has 1 aliphatic rings. The average molecular weight is 367 g/mol. The van der Waals surface area contributed by atoms with Crippen LogP contribution in [0.3, 0.4) is 0 Å². The van der Waals surface area contributed by atoms with Crippen LogP contribution in [0.4, 0.5) is 0 Å². The van der Waals surface area contributed by atoms with Crippen molar-refractivity contribution in [3.8, 4) is 11.5 Å². The van der Waals surface area contributed by atoms with Crippen LogP contribution in [0.5, 0.6) is 11.5 Å². The Morgan fingerprint density at radius 2 is 2.00 bits per heavy atom. The SMILES string of the molecule is CCOCc1c(C(=O)NCCc2ccc3c(c2)OCO3)oc2ccccc12. The molecule has 0 unspecified atom stereocenters. The van der Waals surface area contributed by atoms with E-state index < -0.39 is 0 Å². The molecule has 1 amide bonds. The van der Waals surface area contributed by atoms with E-state index in [0.717, 1.165) is 28.0 Å². The van der Waals surface area contributed by atoms with Crippen LogP contribution in [-0.2, 0) is 17.8 Å². The first-order valence-corrected chi connectivity index (χ1v) is 9.01. The number of carbonyl (C=O) groups excluding carboxylic acids is 1. The fraction of sp³-hybridized carbons (Fsp3) is 0.286. The second kappa shape index (κ2) is 7.72. The van der Waals surface area contributed by atoms with Gasteiger partial charge in [0.1, 0.15) is 5.58 Å². The predicted molar refractivity (Wildman–Crippen MR) is 100 cm³/mol. The zero-order valence-electron chi connectivity index (χ0n) is 15.1. The third kappa shape index (κ3) is 3.61. The van der Waals surface area contributed by atoms with E-state index in [1.165, 1.54) is 0 Å². The van der Waals surface area contributed by atoms with E-state index in [9.17, 15) is 4.79 Å². The Morgan fingerprint density at radius 1 is 1.15 bits per heavy atom. The summed E-state index contributed by atoms with van der Waals surface area (Å²) >= 11 is 0. The molecule has 0 spiro atoms. The first-order chi connectivity index (χ1) is 13.3. The van der Waals surface area contributed by atoms with Crippen molar-refractivity contribution in [1.82, 2.24) is 5.32 Å². The van der Waals surface area contributed by atoms with Gasteiger partial charge in [0.2, 0.25) is 6.79 Å². The minimum atomic E-state index is -0.235. The van der Waals surface area contributed by atoms with Crippen molar-refractivity contribution in [3.63, 3.8) is 0 Å². The first kappa shape index (κ1) is 17.4. The van der Waals surface area contributed by atoms with Crippen molar-refractivity contribution in [2.45, 2.75) is 20.0 Å². The fourth-order valence-corrected chi connectivity index (χ4v) is 3.13. The Bertz CT molecular complexity index is 962. The molecule has 2 heterocycles. The molecule has 0 radical (unpaired) electrons. The number of para-hydroxylation sites is 1. The smallest absolute Gasteiger partial charge is 0.287 e. The quantitative estimate of drug-likeness (QED) is 0.690. The zero-order chi connectivity index (χ0) is 18.6. The zero-order valence-corrected chi connectivity index (χ0v) is 15.1. The lowest BCUT2D eigenvalue weighted by Crippen LogP contribution is -2.26. The summed E-state index contributed by atoms with van der Waals surface area (Å²) in [5.41, 5.74) is 2.54. The topological polar surface area (TPSA) is 69.9 Å². The molecule has 0 atom stereocenters. The van der Waals surface area contributed by atoms with Crippen LogP contribution in [0.15, 0.2) is 46.9 Å². The number of hydrogen-bond acceptors (Lipinski definition) is 5. The molecule has 1 aromatic heterocycles. The fourth-order valence-electron chi connectivity index (χ4n) is 3.13. The maximum atomic E-state index is 12.7. The predicted octanol–water partition coefficient (Wildman–Crippen LogP) is 3.67. The number of hydrogen-bond donors (Lipinski definition) is 1. The Balaban J connectivity index is 1.45. The van der Waals surface area contributed by atoms with Gasteiger partial charge >= 0.3 is 0 Å². The molecular formula is C21H21NO5. The number of furan rings is 1. The normalized spacial score (nSPS) is 12.5. The van der Waals surface area contributed by atoms with Gasteiger partial charge in [0, 0.05) is 24.1 Å². The number of benzene rings is 2. The minimum Gasteiger partial charge on any atom is -0.454 e. The van der Waals surface area contributed by atoms with Crippen molar-refractivity contribution in [2.75, 3.05) is 19.9 Å². The number of ether oxygens (including phenoxy) is 3. The van der Waals surface area contributed by atoms with Crippen molar-refractivity contribution in [2.24, 2.45) is 0 Å². The van der Waals surface area contributed by atoms with Crippen molar-refractivity contribution in [1.29, 1.82) is 0 Å². The van der Waals surface area contributed by atoms with Crippen LogP contribution in [0.2, 0.25) is 0 Å². The highest BCUT2D eigenvalue weighted by Gasteiger charge is 2.20. The van der Waals surface area contributed by atoms with E-state index in [1.807, 2.05) is 49.4 Å². The summed E-state index contributed by atoms with van der Waals surface area (Å²) in [5.74, 6) is 1.58. The van der Waals surface area contributed by atoms with Gasteiger partial charge in [0.05, 0.1) is 6.61 Å². The number of fused-ring (bicyclic) bond motifs is 2. The number of amides is 1. The highest BCUT2D eigenvalue weighted by molar-refractivity contribution is 5.99. The van der Waals surface area contributed by atoms with Crippen LogP contribution in [0.1, 0.15) is 28.6 Å². The lowest BCUT2D eigenvalue weighted by atomic mass is 10.1. The Labute approximate surface area is 157 Å². The minimum absolute atomic E-state index is 0.235. The monoisotopic (exact) mass is 367 g/mol. The summed E-state index contributed by atoms with van der Waals surface area (Å²) in [5, 5.41) is 3.84. The molecule has 0 saturated carbocycles. The molecule has 6 nitrogen and oxygen atoms in total. The lowest BCUT2D eigenvalue weighted by Gasteiger charge is -2.07. The molecule has 2 aromatic carbocycles. The summed E-state index contributed by atoms with van der Waals surface area (Å²) in [6.45, 7) is 3.59. The van der Waals surface area contributed by atoms with Gasteiger partial charge in [0.25, 0.3) is 5.91 Å². The maximum absolute atomic E-state index is 12.7. The van der Waals surface area contributed by atoms with Gasteiger partial charge in [-0.15, -0.1) is 0 Å². The molecule has 0 saturated heterocycles. The molecule has 1 aliphatic heterocycles. The second-order valence-corrected chi connectivity index (χ2v) is 6.24. The van der Waals surface area contributed by atoms with Crippen LogP contribution < -0.4 is 14.8 Å². The van der Waals surface area contributed by atoms with E-state index in [1.54, 1.807) is 0 Å². The second-order valence-electron chi connectivity index (χ2n) is 6.24. The highest BCUT2D eigenvalue weighted by Crippen LogP contribution is 2.32. The molecule has 0 bridgehead atoms. The van der Waals surface area contributed by atoms with E-state index in [-0.39, 0.29) is 12.7 Å². The molecular weight excluding hydrogens is 346 g/mol. The Kier molecular flexibility index (Phi) is 4.98. The molecule has 0 fully saturated rings. The molecule has 27 heavy (non-hydrogen) atoms. The lowest BCUT2D eigenvalue weighted by molar-refractivity contribution is 0.0915. The molecule has 6 heteroatoms.